The molecule has 0 saturated heterocycles. The van der Waals surface area contributed by atoms with Crippen LogP contribution in [0.3, 0.4) is 0 Å². The molecule has 0 rings (SSSR count). The van der Waals surface area contributed by atoms with Crippen LogP contribution in [0.1, 0.15) is 310 Å². The molecule has 0 saturated carbocycles. The van der Waals surface area contributed by atoms with Crippen molar-refractivity contribution in [3.63, 3.8) is 0 Å². The van der Waals surface area contributed by atoms with E-state index in [2.05, 4.69) is 142 Å². The molecule has 0 N–H and O–H groups in total. The fourth-order valence-electron chi connectivity index (χ4n) is 9.15. The van der Waals surface area contributed by atoms with Crippen molar-refractivity contribution in [2.75, 3.05) is 13.2 Å². The minimum atomic E-state index is -0.819. The molecule has 456 valence electrons. The average molecular weight is 1110 g/mol. The van der Waals surface area contributed by atoms with Gasteiger partial charge in [0.25, 0.3) is 0 Å². The molecule has 1 unspecified atom stereocenters. The number of ether oxygens (including phenoxy) is 3. The molecule has 0 radical (unpaired) electrons. The van der Waals surface area contributed by atoms with Gasteiger partial charge in [-0.05, 0) is 122 Å². The van der Waals surface area contributed by atoms with Crippen LogP contribution in [0.2, 0.25) is 0 Å². The Morgan fingerprint density at radius 3 is 0.850 bits per heavy atom. The van der Waals surface area contributed by atoms with Crippen LogP contribution in [-0.2, 0) is 28.6 Å². The van der Waals surface area contributed by atoms with Crippen molar-refractivity contribution in [2.24, 2.45) is 0 Å². The number of carbonyl (C=O) groups is 3. The van der Waals surface area contributed by atoms with Crippen LogP contribution in [0.15, 0.2) is 122 Å². The number of hydrogen-bond acceptors (Lipinski definition) is 6. The zero-order valence-electron chi connectivity index (χ0n) is 52.3. The highest BCUT2D eigenvalue weighted by molar-refractivity contribution is 5.71. The number of carbonyl (C=O) groups excluding carboxylic acids is 3. The summed E-state index contributed by atoms with van der Waals surface area (Å²) in [5.41, 5.74) is 0. The van der Waals surface area contributed by atoms with Crippen LogP contribution in [0.5, 0.6) is 0 Å². The van der Waals surface area contributed by atoms with E-state index in [1.165, 1.54) is 148 Å². The number of allylic oxidation sites excluding steroid dienone is 20. The summed E-state index contributed by atoms with van der Waals surface area (Å²) in [6.45, 7) is 6.45. The average Bonchev–Trinajstić information content (AvgIpc) is 3.46. The van der Waals surface area contributed by atoms with Gasteiger partial charge in [0.05, 0.1) is 0 Å². The fourth-order valence-corrected chi connectivity index (χ4v) is 9.15. The van der Waals surface area contributed by atoms with E-state index < -0.39 is 6.10 Å². The number of esters is 3. The Morgan fingerprint density at radius 1 is 0.263 bits per heavy atom. The third-order valence-corrected chi connectivity index (χ3v) is 14.2. The Kier molecular flexibility index (Phi) is 63.8. The van der Waals surface area contributed by atoms with E-state index in [4.69, 9.17) is 14.2 Å². The van der Waals surface area contributed by atoms with Gasteiger partial charge in [0, 0.05) is 19.3 Å². The van der Waals surface area contributed by atoms with Gasteiger partial charge < -0.3 is 14.2 Å². The highest BCUT2D eigenvalue weighted by Gasteiger charge is 2.19. The number of hydrogen-bond donors (Lipinski definition) is 0. The van der Waals surface area contributed by atoms with E-state index in [0.717, 1.165) is 116 Å². The van der Waals surface area contributed by atoms with Crippen molar-refractivity contribution in [2.45, 2.75) is 316 Å². The molecule has 0 aliphatic rings. The summed E-state index contributed by atoms with van der Waals surface area (Å²) in [5, 5.41) is 0. The van der Waals surface area contributed by atoms with Gasteiger partial charge in [-0.15, -0.1) is 0 Å². The first-order valence-electron chi connectivity index (χ1n) is 33.5. The van der Waals surface area contributed by atoms with Crippen LogP contribution in [0, 0.1) is 0 Å². The predicted octanol–water partition coefficient (Wildman–Crippen LogP) is 23.2. The standard InChI is InChI=1S/C74H124O6/c1-4-7-10-13-16-19-22-25-28-30-32-34-36-37-39-40-42-44-46-49-52-55-58-61-64-67-73(76)79-70-71(69-78-72(75)66-63-60-57-54-51-48-27-24-21-18-15-12-9-6-3)80-74(77)68-65-62-59-56-53-50-47-45-43-41-38-35-33-31-29-26-23-20-17-14-11-8-5-2/h8,11,15,17-18,20,24,26-27,29-30,32-33,35,41,43,47,50,56,59,71H,4-7,9-10,12-14,16,19,21-23,25,28,31,34,36-40,42,44-46,48-49,51-55,57-58,60-70H2,1-3H3/b11-8-,18-15-,20-17-,27-24-,29-26-,32-30-,35-33-,43-41-,50-47-,59-56-. The summed E-state index contributed by atoms with van der Waals surface area (Å²) in [6.07, 6.45) is 93.6. The summed E-state index contributed by atoms with van der Waals surface area (Å²) in [4.78, 5) is 38.3. The first kappa shape index (κ1) is 75.8. The van der Waals surface area contributed by atoms with E-state index in [1.807, 2.05) is 0 Å². The van der Waals surface area contributed by atoms with Crippen LogP contribution < -0.4 is 0 Å². The van der Waals surface area contributed by atoms with Gasteiger partial charge in [0.1, 0.15) is 13.2 Å². The lowest BCUT2D eigenvalue weighted by molar-refractivity contribution is -0.167. The molecule has 0 bridgehead atoms. The molecule has 0 aliphatic heterocycles. The van der Waals surface area contributed by atoms with E-state index in [9.17, 15) is 14.4 Å². The smallest absolute Gasteiger partial charge is 0.306 e. The van der Waals surface area contributed by atoms with E-state index >= 15 is 0 Å². The first-order chi connectivity index (χ1) is 39.5. The summed E-state index contributed by atoms with van der Waals surface area (Å²) in [5.74, 6) is -0.976. The topological polar surface area (TPSA) is 78.9 Å². The van der Waals surface area contributed by atoms with Crippen LogP contribution >= 0.6 is 0 Å². The van der Waals surface area contributed by atoms with Crippen LogP contribution in [0.25, 0.3) is 0 Å². The maximum absolute atomic E-state index is 12.9. The normalized spacial score (nSPS) is 12.9. The minimum absolute atomic E-state index is 0.107. The van der Waals surface area contributed by atoms with Gasteiger partial charge in [-0.25, -0.2) is 0 Å². The Hall–Kier alpha value is -4.19. The lowest BCUT2D eigenvalue weighted by Gasteiger charge is -2.18. The van der Waals surface area contributed by atoms with E-state index in [0.29, 0.717) is 19.3 Å². The van der Waals surface area contributed by atoms with Gasteiger partial charge in [0.15, 0.2) is 6.10 Å². The third kappa shape index (κ3) is 64.6. The van der Waals surface area contributed by atoms with E-state index in [1.54, 1.807) is 0 Å². The SMILES string of the molecule is CC/C=C\C/C=C\C/C=C\C/C=C\C/C=C\C/C=C\C/C=C\CCCC(=O)OC(COC(=O)CCCCCCC/C=C\C/C=C\CCCC)COC(=O)CCCCCCCCCCCCCCC/C=C\CCCCCCCCCC. The molecule has 6 heteroatoms. The highest BCUT2D eigenvalue weighted by Crippen LogP contribution is 2.16. The molecular formula is C74H124O6. The number of unbranched alkanes of at least 4 members (excludes halogenated alkanes) is 29. The van der Waals surface area contributed by atoms with Gasteiger partial charge in [-0.2, -0.15) is 0 Å². The lowest BCUT2D eigenvalue weighted by Crippen LogP contribution is -2.30. The summed E-state index contributed by atoms with van der Waals surface area (Å²) >= 11 is 0. The molecule has 0 aromatic carbocycles. The molecule has 1 atom stereocenters. The largest absolute Gasteiger partial charge is 0.462 e. The molecule has 0 amide bonds. The Bertz CT molecular complexity index is 1650. The second kappa shape index (κ2) is 67.3. The van der Waals surface area contributed by atoms with Gasteiger partial charge in [-0.1, -0.05) is 290 Å². The van der Waals surface area contributed by atoms with Gasteiger partial charge >= 0.3 is 17.9 Å². The van der Waals surface area contributed by atoms with Gasteiger partial charge in [0.2, 0.25) is 0 Å². The van der Waals surface area contributed by atoms with Crippen molar-refractivity contribution in [1.82, 2.24) is 0 Å². The molecule has 0 fully saturated rings. The van der Waals surface area contributed by atoms with Crippen molar-refractivity contribution < 1.29 is 28.6 Å². The Morgan fingerprint density at radius 2 is 0.512 bits per heavy atom. The second-order valence-electron chi connectivity index (χ2n) is 22.0. The molecule has 6 nitrogen and oxygen atoms in total. The zero-order chi connectivity index (χ0) is 57.8. The van der Waals surface area contributed by atoms with Crippen molar-refractivity contribution in [3.05, 3.63) is 122 Å². The monoisotopic (exact) mass is 1110 g/mol. The zero-order valence-corrected chi connectivity index (χ0v) is 52.3. The predicted molar refractivity (Wildman–Crippen MR) is 348 cm³/mol. The maximum atomic E-state index is 12.9. The third-order valence-electron chi connectivity index (χ3n) is 14.2. The van der Waals surface area contributed by atoms with Crippen molar-refractivity contribution in [1.29, 1.82) is 0 Å². The molecule has 0 heterocycles. The quantitative estimate of drug-likeness (QED) is 0.0261. The summed E-state index contributed by atoms with van der Waals surface area (Å²) in [7, 11) is 0. The highest BCUT2D eigenvalue weighted by atomic mass is 16.6. The van der Waals surface area contributed by atoms with Crippen LogP contribution in [-0.4, -0.2) is 37.2 Å². The fraction of sp³-hybridized carbons (Fsp3) is 0.689. The molecule has 0 aliphatic carbocycles. The number of rotatable bonds is 60. The molecule has 0 spiro atoms. The van der Waals surface area contributed by atoms with Crippen molar-refractivity contribution in [3.8, 4) is 0 Å². The van der Waals surface area contributed by atoms with Crippen molar-refractivity contribution >= 4 is 17.9 Å². The Labute approximate surface area is 494 Å². The lowest BCUT2D eigenvalue weighted by atomic mass is 10.0. The molecular weight excluding hydrogens is 985 g/mol. The van der Waals surface area contributed by atoms with Crippen LogP contribution in [0.4, 0.5) is 0 Å². The summed E-state index contributed by atoms with van der Waals surface area (Å²) < 4.78 is 16.9. The first-order valence-corrected chi connectivity index (χ1v) is 33.5. The summed E-state index contributed by atoms with van der Waals surface area (Å²) in [6, 6.07) is 0. The second-order valence-corrected chi connectivity index (χ2v) is 22.0. The maximum Gasteiger partial charge on any atom is 0.306 e. The molecule has 80 heavy (non-hydrogen) atoms. The minimum Gasteiger partial charge on any atom is -0.462 e. The van der Waals surface area contributed by atoms with Gasteiger partial charge in [-0.3, -0.25) is 14.4 Å². The van der Waals surface area contributed by atoms with E-state index in [-0.39, 0.29) is 37.5 Å². The molecule has 0 aromatic heterocycles. The molecule has 0 aromatic rings. The Balaban J connectivity index is 4.42.